The number of phenolic OH excluding ortho intramolecular Hbond substituents is 1. The first kappa shape index (κ1) is 9.02. The van der Waals surface area contributed by atoms with Gasteiger partial charge in [-0.1, -0.05) is 12.1 Å². The van der Waals surface area contributed by atoms with Gasteiger partial charge in [-0.2, -0.15) is 0 Å². The van der Waals surface area contributed by atoms with Crippen LogP contribution in [0.3, 0.4) is 0 Å². The molecule has 1 aromatic carbocycles. The van der Waals surface area contributed by atoms with E-state index in [9.17, 15) is 9.90 Å². The van der Waals surface area contributed by atoms with Gasteiger partial charge in [0.1, 0.15) is 11.4 Å². The summed E-state index contributed by atoms with van der Waals surface area (Å²) in [7, 11) is 0. The molecule has 0 atom stereocenters. The summed E-state index contributed by atoms with van der Waals surface area (Å²) in [4.78, 5) is 11.5. The molecule has 4 nitrogen and oxygen atoms in total. The summed E-state index contributed by atoms with van der Waals surface area (Å²) in [6.07, 6.45) is 1.38. The minimum absolute atomic E-state index is 0.00208. The summed E-state index contributed by atoms with van der Waals surface area (Å²) in [6.45, 7) is 0.764. The van der Waals surface area contributed by atoms with Crippen molar-refractivity contribution in [3.8, 4) is 5.75 Å². The summed E-state index contributed by atoms with van der Waals surface area (Å²) < 4.78 is 0. The Morgan fingerprint density at radius 3 is 2.86 bits per heavy atom. The fraction of sp³-hybridized carbons (Fsp3) is 0.300. The molecule has 4 heteroatoms. The molecular weight excluding hydrogens is 180 g/mol. The molecule has 1 fully saturated rings. The zero-order chi connectivity index (χ0) is 9.97. The molecule has 0 aromatic heterocycles. The molecule has 0 saturated carbocycles. The highest BCUT2D eigenvalue weighted by atomic mass is 16.3. The van der Waals surface area contributed by atoms with Crippen LogP contribution in [-0.4, -0.2) is 17.6 Å². The number of carbonyl (C=O) groups excluding carboxylic acids is 1. The number of phenols is 1. The van der Waals surface area contributed by atoms with Gasteiger partial charge in [-0.05, 0) is 18.6 Å². The zero-order valence-electron chi connectivity index (χ0n) is 7.73. The molecule has 0 spiro atoms. The Morgan fingerprint density at radius 1 is 1.36 bits per heavy atom. The van der Waals surface area contributed by atoms with Gasteiger partial charge in [0.05, 0.1) is 0 Å². The minimum Gasteiger partial charge on any atom is -0.506 e. The van der Waals surface area contributed by atoms with Gasteiger partial charge in [0.2, 0.25) is 5.91 Å². The van der Waals surface area contributed by atoms with Gasteiger partial charge in [-0.15, -0.1) is 0 Å². The molecule has 0 radical (unpaired) electrons. The number of para-hydroxylation sites is 2. The Kier molecular flexibility index (Phi) is 2.37. The molecule has 1 saturated heterocycles. The van der Waals surface area contributed by atoms with Crippen LogP contribution in [0, 0.1) is 0 Å². The lowest BCUT2D eigenvalue weighted by Gasteiger charge is -2.27. The van der Waals surface area contributed by atoms with Gasteiger partial charge in [-0.3, -0.25) is 4.79 Å². The highest BCUT2D eigenvalue weighted by Crippen LogP contribution is 2.26. The van der Waals surface area contributed by atoms with Crippen LogP contribution < -0.4 is 10.4 Å². The van der Waals surface area contributed by atoms with Crippen LogP contribution in [-0.2, 0) is 4.79 Å². The van der Waals surface area contributed by atoms with Gasteiger partial charge >= 0.3 is 0 Å². The number of hydrogen-bond donors (Lipinski definition) is 2. The quantitative estimate of drug-likeness (QED) is 0.698. The fourth-order valence-corrected chi connectivity index (χ4v) is 1.50. The first-order valence-corrected chi connectivity index (χ1v) is 4.63. The Bertz CT molecular complexity index is 352. The number of nitrogens with zero attached hydrogens (tertiary/aromatic N) is 1. The second-order valence-corrected chi connectivity index (χ2v) is 3.23. The van der Waals surface area contributed by atoms with Crippen molar-refractivity contribution in [1.82, 2.24) is 5.43 Å². The number of rotatable bonds is 1. The van der Waals surface area contributed by atoms with Crippen molar-refractivity contribution < 1.29 is 9.90 Å². The Hall–Kier alpha value is -1.55. The SMILES string of the molecule is O=C1CCCNN1c1ccccc1O. The Balaban J connectivity index is 2.29. The molecule has 14 heavy (non-hydrogen) atoms. The third kappa shape index (κ3) is 1.56. The fourth-order valence-electron chi connectivity index (χ4n) is 1.50. The van der Waals surface area contributed by atoms with E-state index < -0.39 is 0 Å². The second-order valence-electron chi connectivity index (χ2n) is 3.23. The summed E-state index contributed by atoms with van der Waals surface area (Å²) in [5.41, 5.74) is 3.47. The summed E-state index contributed by atoms with van der Waals surface area (Å²) in [5, 5.41) is 11.0. The van der Waals surface area contributed by atoms with Crippen molar-refractivity contribution in [2.75, 3.05) is 11.6 Å². The molecule has 1 aliphatic heterocycles. The third-order valence-electron chi connectivity index (χ3n) is 2.21. The molecule has 1 aromatic rings. The van der Waals surface area contributed by atoms with Crippen LogP contribution in [0.2, 0.25) is 0 Å². The van der Waals surface area contributed by atoms with Gasteiger partial charge in [-0.25, -0.2) is 10.4 Å². The van der Waals surface area contributed by atoms with Crippen molar-refractivity contribution in [3.63, 3.8) is 0 Å². The van der Waals surface area contributed by atoms with Crippen LogP contribution in [0.15, 0.2) is 24.3 Å². The smallest absolute Gasteiger partial charge is 0.241 e. The average Bonchev–Trinajstić information content (AvgIpc) is 2.20. The molecule has 2 N–H and O–H groups in total. The minimum atomic E-state index is -0.00208. The molecule has 1 amide bonds. The number of hydrogen-bond acceptors (Lipinski definition) is 3. The van der Waals surface area contributed by atoms with E-state index in [1.807, 2.05) is 0 Å². The third-order valence-corrected chi connectivity index (χ3v) is 2.21. The summed E-state index contributed by atoms with van der Waals surface area (Å²) >= 11 is 0. The summed E-state index contributed by atoms with van der Waals surface area (Å²) in [6, 6.07) is 6.80. The predicted octanol–water partition coefficient (Wildman–Crippen LogP) is 1.02. The Morgan fingerprint density at radius 2 is 2.14 bits per heavy atom. The monoisotopic (exact) mass is 192 g/mol. The summed E-state index contributed by atoms with van der Waals surface area (Å²) in [5.74, 6) is 0.119. The predicted molar refractivity (Wildman–Crippen MR) is 52.8 cm³/mol. The number of aromatic hydroxyl groups is 1. The lowest BCUT2D eigenvalue weighted by atomic mass is 10.2. The van der Waals surface area contributed by atoms with Crippen molar-refractivity contribution in [1.29, 1.82) is 0 Å². The second kappa shape index (κ2) is 3.67. The topological polar surface area (TPSA) is 52.6 Å². The Labute approximate surface area is 82.1 Å². The van der Waals surface area contributed by atoms with E-state index in [1.54, 1.807) is 24.3 Å². The van der Waals surface area contributed by atoms with E-state index in [0.29, 0.717) is 12.1 Å². The number of benzene rings is 1. The van der Waals surface area contributed by atoms with Crippen molar-refractivity contribution >= 4 is 11.6 Å². The van der Waals surface area contributed by atoms with E-state index in [0.717, 1.165) is 13.0 Å². The molecule has 1 aliphatic rings. The first-order valence-electron chi connectivity index (χ1n) is 4.63. The number of anilines is 1. The molecule has 0 unspecified atom stereocenters. The van der Waals surface area contributed by atoms with Crippen molar-refractivity contribution in [3.05, 3.63) is 24.3 Å². The maximum atomic E-state index is 11.5. The number of carbonyl (C=O) groups is 1. The average molecular weight is 192 g/mol. The largest absolute Gasteiger partial charge is 0.506 e. The number of nitrogens with one attached hydrogen (secondary N) is 1. The van der Waals surface area contributed by atoms with Crippen molar-refractivity contribution in [2.45, 2.75) is 12.8 Å². The molecule has 2 rings (SSSR count). The van der Waals surface area contributed by atoms with Crippen LogP contribution >= 0.6 is 0 Å². The van der Waals surface area contributed by atoms with Gasteiger partial charge < -0.3 is 5.11 Å². The van der Waals surface area contributed by atoms with Crippen LogP contribution in [0.5, 0.6) is 5.75 Å². The number of amides is 1. The molecule has 0 bridgehead atoms. The van der Waals surface area contributed by atoms with Crippen LogP contribution in [0.25, 0.3) is 0 Å². The van der Waals surface area contributed by atoms with E-state index in [4.69, 9.17) is 0 Å². The van der Waals surface area contributed by atoms with E-state index >= 15 is 0 Å². The van der Waals surface area contributed by atoms with E-state index in [1.165, 1.54) is 5.01 Å². The molecule has 1 heterocycles. The molecule has 0 aliphatic carbocycles. The lowest BCUT2D eigenvalue weighted by molar-refractivity contribution is -0.120. The maximum absolute atomic E-state index is 11.5. The van der Waals surface area contributed by atoms with Gasteiger partial charge in [0, 0.05) is 13.0 Å². The highest BCUT2D eigenvalue weighted by molar-refractivity contribution is 5.94. The standard InChI is InChI=1S/C10H12N2O2/c13-9-5-2-1-4-8(9)12-10(14)6-3-7-11-12/h1-2,4-5,11,13H,3,6-7H2. The van der Waals surface area contributed by atoms with Gasteiger partial charge in [0.25, 0.3) is 0 Å². The molecule has 74 valence electrons. The van der Waals surface area contributed by atoms with Crippen molar-refractivity contribution in [2.24, 2.45) is 0 Å². The van der Waals surface area contributed by atoms with E-state index in [-0.39, 0.29) is 11.7 Å². The normalized spacial score (nSPS) is 17.1. The highest BCUT2D eigenvalue weighted by Gasteiger charge is 2.21. The zero-order valence-corrected chi connectivity index (χ0v) is 7.73. The van der Waals surface area contributed by atoms with Crippen LogP contribution in [0.1, 0.15) is 12.8 Å². The first-order chi connectivity index (χ1) is 6.79. The van der Waals surface area contributed by atoms with E-state index in [2.05, 4.69) is 5.43 Å². The number of hydrazine groups is 1. The maximum Gasteiger partial charge on any atom is 0.241 e. The molecular formula is C10H12N2O2. The van der Waals surface area contributed by atoms with Gasteiger partial charge in [0.15, 0.2) is 0 Å². The van der Waals surface area contributed by atoms with Crippen LogP contribution in [0.4, 0.5) is 5.69 Å². The lowest BCUT2D eigenvalue weighted by Crippen LogP contribution is -2.47.